The Kier molecular flexibility index (Phi) is 5.88. The highest BCUT2D eigenvalue weighted by molar-refractivity contribution is 7.14. The van der Waals surface area contributed by atoms with Crippen LogP contribution < -0.4 is 10.1 Å². The summed E-state index contributed by atoms with van der Waals surface area (Å²) < 4.78 is 19.5. The van der Waals surface area contributed by atoms with Crippen molar-refractivity contribution in [2.45, 2.75) is 31.2 Å². The number of ketones is 1. The van der Waals surface area contributed by atoms with Gasteiger partial charge >= 0.3 is 0 Å². The highest BCUT2D eigenvalue weighted by atomic mass is 35.5. The quantitative estimate of drug-likeness (QED) is 0.639. The molecule has 0 bridgehead atoms. The lowest BCUT2D eigenvalue weighted by molar-refractivity contribution is -0.133. The Balaban J connectivity index is 1.62. The molecule has 0 radical (unpaired) electrons. The number of carbonyl (C=O) groups is 2. The fourth-order valence-electron chi connectivity index (χ4n) is 3.80. The Hall–Kier alpha value is -2.70. The van der Waals surface area contributed by atoms with Crippen LogP contribution in [0.2, 0.25) is 4.34 Å². The van der Waals surface area contributed by atoms with Crippen LogP contribution in [-0.2, 0) is 15.1 Å². The summed E-state index contributed by atoms with van der Waals surface area (Å²) in [6.07, 6.45) is 8.89. The normalized spacial score (nSPS) is 24.7. The van der Waals surface area contributed by atoms with Gasteiger partial charge in [-0.2, -0.15) is 0 Å². The summed E-state index contributed by atoms with van der Waals surface area (Å²) in [7, 11) is 0. The van der Waals surface area contributed by atoms with Gasteiger partial charge in [0.05, 0.1) is 16.3 Å². The number of thiophene rings is 1. The SMILES string of the molecule is O=C1CC(=O)NC(/C2=C/C=C\C(Oc3ccc(F)cc3)=CCC2)(c2csc(Cl)c2)C1. The van der Waals surface area contributed by atoms with Gasteiger partial charge in [-0.05, 0) is 71.8 Å². The molecular formula is C23H19ClFNO3S. The number of hydrogen-bond acceptors (Lipinski definition) is 4. The number of hydrogen-bond donors (Lipinski definition) is 1. The van der Waals surface area contributed by atoms with Gasteiger partial charge in [0.25, 0.3) is 0 Å². The minimum atomic E-state index is -0.885. The van der Waals surface area contributed by atoms with Gasteiger partial charge in [-0.25, -0.2) is 4.39 Å². The number of halogens is 2. The van der Waals surface area contributed by atoms with Crippen molar-refractivity contribution in [3.05, 3.63) is 87.1 Å². The summed E-state index contributed by atoms with van der Waals surface area (Å²) in [6, 6.07) is 7.65. The fourth-order valence-corrected chi connectivity index (χ4v) is 4.76. The molecular weight excluding hydrogens is 425 g/mol. The molecule has 1 fully saturated rings. The molecule has 2 aliphatic rings. The standard InChI is InChI=1S/C23H19ClFNO3S/c24-21-11-16(14-30-21)23(13-18(27)12-22(28)26-23)15-3-1-5-19(6-2-4-15)29-20-9-7-17(25)8-10-20/h1,3,5-11,14H,2,4,12-13H2,(H,26,28)/b5-1-,15-3+,19-6?. The van der Waals surface area contributed by atoms with Gasteiger partial charge in [-0.1, -0.05) is 23.8 Å². The molecule has 1 aliphatic heterocycles. The van der Waals surface area contributed by atoms with Crippen LogP contribution in [0.1, 0.15) is 31.2 Å². The van der Waals surface area contributed by atoms with Crippen molar-refractivity contribution < 1.29 is 18.7 Å². The van der Waals surface area contributed by atoms with Crippen molar-refractivity contribution in [2.75, 3.05) is 0 Å². The third kappa shape index (κ3) is 4.40. The number of piperidine rings is 1. The number of carbonyl (C=O) groups excluding carboxylic acids is 2. The van der Waals surface area contributed by atoms with Crippen LogP contribution >= 0.6 is 22.9 Å². The largest absolute Gasteiger partial charge is 0.458 e. The predicted octanol–water partition coefficient (Wildman–Crippen LogP) is 5.45. The van der Waals surface area contributed by atoms with Gasteiger partial charge in [-0.3, -0.25) is 9.59 Å². The van der Waals surface area contributed by atoms with Crippen molar-refractivity contribution >= 4 is 34.6 Å². The molecule has 4 rings (SSSR count). The van der Waals surface area contributed by atoms with E-state index in [1.54, 1.807) is 12.1 Å². The van der Waals surface area contributed by atoms with Crippen LogP contribution in [0.3, 0.4) is 0 Å². The number of benzene rings is 1. The average Bonchev–Trinajstić information content (AvgIpc) is 3.11. The maximum absolute atomic E-state index is 13.1. The van der Waals surface area contributed by atoms with Gasteiger partial charge in [0, 0.05) is 6.42 Å². The molecule has 1 aromatic carbocycles. The number of Topliss-reactive ketones (excluding diaryl/α,β-unsaturated/α-hetero) is 1. The van der Waals surface area contributed by atoms with Crippen molar-refractivity contribution in [3.8, 4) is 5.75 Å². The number of ether oxygens (including phenoxy) is 1. The second-order valence-electron chi connectivity index (χ2n) is 7.24. The van der Waals surface area contributed by atoms with E-state index in [4.69, 9.17) is 16.3 Å². The molecule has 154 valence electrons. The van der Waals surface area contributed by atoms with E-state index in [2.05, 4.69) is 5.32 Å². The Labute approximate surface area is 182 Å². The third-order valence-electron chi connectivity index (χ3n) is 5.15. The van der Waals surface area contributed by atoms with E-state index in [-0.39, 0.29) is 30.3 Å². The first-order valence-electron chi connectivity index (χ1n) is 9.53. The first kappa shape index (κ1) is 20.6. The summed E-state index contributed by atoms with van der Waals surface area (Å²) >= 11 is 7.53. The summed E-state index contributed by atoms with van der Waals surface area (Å²) in [5.41, 5.74) is 0.876. The molecule has 1 aliphatic carbocycles. The van der Waals surface area contributed by atoms with E-state index in [0.29, 0.717) is 28.7 Å². The lowest BCUT2D eigenvalue weighted by atomic mass is 9.75. The van der Waals surface area contributed by atoms with Gasteiger partial charge in [0.2, 0.25) is 5.91 Å². The molecule has 2 heterocycles. The van der Waals surface area contributed by atoms with Crippen LogP contribution in [0.15, 0.2) is 71.3 Å². The van der Waals surface area contributed by atoms with E-state index in [0.717, 1.165) is 11.1 Å². The zero-order valence-corrected chi connectivity index (χ0v) is 17.6. The predicted molar refractivity (Wildman–Crippen MR) is 115 cm³/mol. The van der Waals surface area contributed by atoms with E-state index in [9.17, 15) is 14.0 Å². The van der Waals surface area contributed by atoms with E-state index in [1.807, 2.05) is 35.8 Å². The monoisotopic (exact) mass is 443 g/mol. The molecule has 1 atom stereocenters. The molecule has 7 heteroatoms. The van der Waals surface area contributed by atoms with E-state index in [1.165, 1.54) is 23.5 Å². The van der Waals surface area contributed by atoms with E-state index < -0.39 is 5.54 Å². The number of nitrogens with one attached hydrogen (secondary N) is 1. The molecule has 30 heavy (non-hydrogen) atoms. The van der Waals surface area contributed by atoms with E-state index >= 15 is 0 Å². The van der Waals surface area contributed by atoms with Crippen LogP contribution in [0.5, 0.6) is 5.75 Å². The molecule has 2 aromatic rings. The van der Waals surface area contributed by atoms with Gasteiger partial charge < -0.3 is 10.1 Å². The second-order valence-corrected chi connectivity index (χ2v) is 8.78. The molecule has 4 nitrogen and oxygen atoms in total. The summed E-state index contributed by atoms with van der Waals surface area (Å²) in [6.45, 7) is 0. The fraction of sp³-hybridized carbons (Fsp3) is 0.217. The smallest absolute Gasteiger partial charge is 0.228 e. The van der Waals surface area contributed by atoms with Crippen molar-refractivity contribution in [3.63, 3.8) is 0 Å². The third-order valence-corrected chi connectivity index (χ3v) is 6.24. The lowest BCUT2D eigenvalue weighted by Crippen LogP contribution is -2.53. The zero-order valence-electron chi connectivity index (χ0n) is 16.0. The Bertz CT molecular complexity index is 1050. The molecule has 0 saturated carbocycles. The summed E-state index contributed by atoms with van der Waals surface area (Å²) in [5.74, 6) is 0.500. The highest BCUT2D eigenvalue weighted by Crippen LogP contribution is 2.41. The molecule has 0 spiro atoms. The Morgan fingerprint density at radius 1 is 1.20 bits per heavy atom. The zero-order chi connectivity index (χ0) is 21.1. The van der Waals surface area contributed by atoms with Crippen molar-refractivity contribution in [2.24, 2.45) is 0 Å². The summed E-state index contributed by atoms with van der Waals surface area (Å²) in [4.78, 5) is 24.6. The Morgan fingerprint density at radius 2 is 2.00 bits per heavy atom. The molecule has 1 N–H and O–H groups in total. The van der Waals surface area contributed by atoms with Crippen molar-refractivity contribution in [1.82, 2.24) is 5.32 Å². The lowest BCUT2D eigenvalue weighted by Gasteiger charge is -2.39. The first-order valence-corrected chi connectivity index (χ1v) is 10.8. The molecule has 1 amide bonds. The number of amides is 1. The second kappa shape index (κ2) is 8.58. The number of allylic oxidation sites excluding steroid dienone is 4. The van der Waals surface area contributed by atoms with Crippen molar-refractivity contribution in [1.29, 1.82) is 0 Å². The summed E-state index contributed by atoms with van der Waals surface area (Å²) in [5, 5.41) is 4.96. The topological polar surface area (TPSA) is 55.4 Å². The van der Waals surface area contributed by atoms with Crippen LogP contribution in [-0.4, -0.2) is 11.7 Å². The number of rotatable bonds is 4. The minimum Gasteiger partial charge on any atom is -0.458 e. The van der Waals surface area contributed by atoms with Gasteiger partial charge in [-0.15, -0.1) is 11.3 Å². The van der Waals surface area contributed by atoms with Gasteiger partial charge in [0.15, 0.2) is 0 Å². The van der Waals surface area contributed by atoms with Crippen LogP contribution in [0.25, 0.3) is 0 Å². The molecule has 1 unspecified atom stereocenters. The average molecular weight is 444 g/mol. The maximum Gasteiger partial charge on any atom is 0.228 e. The first-order chi connectivity index (χ1) is 14.4. The highest BCUT2D eigenvalue weighted by Gasteiger charge is 2.43. The minimum absolute atomic E-state index is 0.0936. The van der Waals surface area contributed by atoms with Crippen LogP contribution in [0, 0.1) is 5.82 Å². The molecule has 1 saturated heterocycles. The Morgan fingerprint density at radius 3 is 2.70 bits per heavy atom. The maximum atomic E-state index is 13.1. The van der Waals surface area contributed by atoms with Crippen LogP contribution in [0.4, 0.5) is 4.39 Å². The molecule has 1 aromatic heterocycles. The van der Waals surface area contributed by atoms with Gasteiger partial charge in [0.1, 0.15) is 23.1 Å².